The molecule has 0 aliphatic heterocycles. The van der Waals surface area contributed by atoms with Gasteiger partial charge in [-0.25, -0.2) is 4.98 Å². The molecule has 0 radical (unpaired) electrons. The van der Waals surface area contributed by atoms with Crippen molar-refractivity contribution in [3.05, 3.63) is 152 Å². The zero-order valence-corrected chi connectivity index (χ0v) is 23.3. The molecule has 0 saturated carbocycles. The molecule has 0 spiro atoms. The van der Waals surface area contributed by atoms with E-state index in [9.17, 15) is 0 Å². The Morgan fingerprint density at radius 3 is 2.07 bits per heavy atom. The van der Waals surface area contributed by atoms with Crippen molar-refractivity contribution in [3.63, 3.8) is 0 Å². The minimum absolute atomic E-state index is 1.00. The average molecular weight is 548 g/mol. The van der Waals surface area contributed by atoms with E-state index in [0.29, 0.717) is 0 Å². The van der Waals surface area contributed by atoms with Gasteiger partial charge in [-0.3, -0.25) is 4.98 Å². The Morgan fingerprint density at radius 2 is 1.19 bits per heavy atom. The van der Waals surface area contributed by atoms with Crippen LogP contribution in [0.25, 0.3) is 82.5 Å². The van der Waals surface area contributed by atoms with Crippen molar-refractivity contribution in [1.29, 1.82) is 0 Å². The number of para-hydroxylation sites is 3. The number of hydrogen-bond acceptors (Lipinski definition) is 2. The van der Waals surface area contributed by atoms with Gasteiger partial charge < -0.3 is 4.57 Å². The maximum Gasteiger partial charge on any atom is 0.0788 e. The van der Waals surface area contributed by atoms with Gasteiger partial charge in [-0.15, -0.1) is 0 Å². The van der Waals surface area contributed by atoms with Gasteiger partial charge in [0.05, 0.1) is 27.8 Å². The summed E-state index contributed by atoms with van der Waals surface area (Å²) in [5.41, 5.74) is 10.0. The third-order valence-corrected chi connectivity index (χ3v) is 8.61. The van der Waals surface area contributed by atoms with Gasteiger partial charge in [0.15, 0.2) is 0 Å². The molecule has 6 aromatic carbocycles. The molecule has 3 aromatic heterocycles. The van der Waals surface area contributed by atoms with Crippen molar-refractivity contribution in [2.45, 2.75) is 0 Å². The fourth-order valence-corrected chi connectivity index (χ4v) is 6.65. The van der Waals surface area contributed by atoms with Gasteiger partial charge in [-0.1, -0.05) is 97.1 Å². The Kier molecular flexibility index (Phi) is 5.20. The minimum atomic E-state index is 1.00. The van der Waals surface area contributed by atoms with E-state index in [1.165, 1.54) is 43.7 Å². The van der Waals surface area contributed by atoms with Gasteiger partial charge in [0.25, 0.3) is 0 Å². The van der Waals surface area contributed by atoms with Crippen LogP contribution in [0.4, 0.5) is 0 Å². The average Bonchev–Trinajstić information content (AvgIpc) is 3.42. The molecule has 0 aliphatic rings. The van der Waals surface area contributed by atoms with Crippen molar-refractivity contribution in [2.24, 2.45) is 0 Å². The zero-order chi connectivity index (χ0) is 28.3. The Balaban J connectivity index is 1.31. The summed E-state index contributed by atoms with van der Waals surface area (Å²) in [6.45, 7) is 0. The van der Waals surface area contributed by atoms with Crippen LogP contribution in [0.15, 0.2) is 152 Å². The van der Waals surface area contributed by atoms with E-state index in [4.69, 9.17) is 4.98 Å². The van der Waals surface area contributed by atoms with E-state index < -0.39 is 0 Å². The van der Waals surface area contributed by atoms with Crippen molar-refractivity contribution < 1.29 is 0 Å². The van der Waals surface area contributed by atoms with E-state index in [-0.39, 0.29) is 0 Å². The van der Waals surface area contributed by atoms with Crippen LogP contribution in [-0.4, -0.2) is 14.5 Å². The van der Waals surface area contributed by atoms with Crippen LogP contribution in [0.3, 0.4) is 0 Å². The fraction of sp³-hybridized carbons (Fsp3) is 0. The molecule has 0 unspecified atom stereocenters. The standard InChI is InChI=1S/C40H25N3/c1-2-10-30(11-3-1)43-36-15-7-5-13-32(36)39-37(43)23-21-33-38(39)31-12-4-6-14-35(31)42-40(33)27-18-16-26(17-19-27)28-20-22-34-29(25-28)9-8-24-41-34/h1-25H. The van der Waals surface area contributed by atoms with Crippen molar-refractivity contribution >= 4 is 54.4 Å². The Hall–Kier alpha value is -5.80. The van der Waals surface area contributed by atoms with Gasteiger partial charge in [0.1, 0.15) is 0 Å². The summed E-state index contributed by atoms with van der Waals surface area (Å²) < 4.78 is 2.38. The topological polar surface area (TPSA) is 30.7 Å². The van der Waals surface area contributed by atoms with Crippen LogP contribution in [0.1, 0.15) is 0 Å². The predicted molar refractivity (Wildman–Crippen MR) is 180 cm³/mol. The molecule has 0 saturated heterocycles. The van der Waals surface area contributed by atoms with Crippen LogP contribution in [0, 0.1) is 0 Å². The molecule has 9 aromatic rings. The SMILES string of the molecule is c1ccc(-n2c3ccccc3c3c4c(ccc32)c(-c2ccc(-c3ccc5ncccc5c3)cc2)nc2ccccc24)cc1. The monoisotopic (exact) mass is 547 g/mol. The lowest BCUT2D eigenvalue weighted by Crippen LogP contribution is -1.94. The summed E-state index contributed by atoms with van der Waals surface area (Å²) in [6.07, 6.45) is 1.84. The fourth-order valence-electron chi connectivity index (χ4n) is 6.65. The second kappa shape index (κ2) is 9.37. The number of aromatic nitrogens is 3. The predicted octanol–water partition coefficient (Wildman–Crippen LogP) is 10.4. The first kappa shape index (κ1) is 23.9. The molecule has 3 heteroatoms. The first-order valence-corrected chi connectivity index (χ1v) is 14.6. The van der Waals surface area contributed by atoms with Crippen LogP contribution < -0.4 is 0 Å². The van der Waals surface area contributed by atoms with E-state index in [1.54, 1.807) is 0 Å². The van der Waals surface area contributed by atoms with Crippen LogP contribution in [0.2, 0.25) is 0 Å². The van der Waals surface area contributed by atoms with Gasteiger partial charge in [-0.05, 0) is 59.7 Å². The highest BCUT2D eigenvalue weighted by Gasteiger charge is 2.19. The second-order valence-electron chi connectivity index (χ2n) is 11.0. The highest BCUT2D eigenvalue weighted by Crippen LogP contribution is 2.42. The van der Waals surface area contributed by atoms with Crippen LogP contribution in [0.5, 0.6) is 0 Å². The van der Waals surface area contributed by atoms with Gasteiger partial charge in [-0.2, -0.15) is 0 Å². The normalized spacial score (nSPS) is 11.7. The Morgan fingerprint density at radius 1 is 0.442 bits per heavy atom. The molecule has 0 fully saturated rings. The molecular formula is C40H25N3. The van der Waals surface area contributed by atoms with E-state index in [2.05, 4.69) is 149 Å². The molecule has 0 aliphatic carbocycles. The minimum Gasteiger partial charge on any atom is -0.309 e. The molecule has 9 rings (SSSR count). The summed E-state index contributed by atoms with van der Waals surface area (Å²) in [5.74, 6) is 0. The lowest BCUT2D eigenvalue weighted by molar-refractivity contribution is 1.18. The van der Waals surface area contributed by atoms with E-state index in [1.807, 2.05) is 12.3 Å². The molecule has 3 heterocycles. The highest BCUT2D eigenvalue weighted by molar-refractivity contribution is 6.29. The molecule has 0 atom stereocenters. The largest absolute Gasteiger partial charge is 0.309 e. The van der Waals surface area contributed by atoms with Crippen LogP contribution in [-0.2, 0) is 0 Å². The molecule has 0 bridgehead atoms. The summed E-state index contributed by atoms with van der Waals surface area (Å²) in [7, 11) is 0. The zero-order valence-electron chi connectivity index (χ0n) is 23.3. The van der Waals surface area contributed by atoms with Crippen molar-refractivity contribution in [3.8, 4) is 28.1 Å². The molecular weight excluding hydrogens is 522 g/mol. The number of pyridine rings is 2. The highest BCUT2D eigenvalue weighted by atomic mass is 15.0. The number of fused-ring (bicyclic) bond motifs is 8. The smallest absolute Gasteiger partial charge is 0.0788 e. The lowest BCUT2D eigenvalue weighted by atomic mass is 9.95. The van der Waals surface area contributed by atoms with Gasteiger partial charge in [0, 0.05) is 49.8 Å². The Labute approximate surface area is 248 Å². The maximum absolute atomic E-state index is 5.25. The first-order chi connectivity index (χ1) is 21.3. The second-order valence-corrected chi connectivity index (χ2v) is 11.0. The quantitative estimate of drug-likeness (QED) is 0.206. The number of hydrogen-bond donors (Lipinski definition) is 0. The van der Waals surface area contributed by atoms with E-state index >= 15 is 0 Å². The van der Waals surface area contributed by atoms with Crippen molar-refractivity contribution in [2.75, 3.05) is 0 Å². The summed E-state index contributed by atoms with van der Waals surface area (Å²) in [4.78, 5) is 9.73. The van der Waals surface area contributed by atoms with Gasteiger partial charge >= 0.3 is 0 Å². The summed E-state index contributed by atoms with van der Waals surface area (Å²) >= 11 is 0. The first-order valence-electron chi connectivity index (χ1n) is 14.6. The molecule has 3 nitrogen and oxygen atoms in total. The number of benzene rings is 6. The third kappa shape index (κ3) is 3.68. The van der Waals surface area contributed by atoms with Crippen LogP contribution >= 0.6 is 0 Å². The van der Waals surface area contributed by atoms with Gasteiger partial charge in [0.2, 0.25) is 0 Å². The maximum atomic E-state index is 5.25. The summed E-state index contributed by atoms with van der Waals surface area (Å²) in [6, 6.07) is 51.8. The van der Waals surface area contributed by atoms with E-state index in [0.717, 1.165) is 38.8 Å². The van der Waals surface area contributed by atoms with Crippen molar-refractivity contribution in [1.82, 2.24) is 14.5 Å². The lowest BCUT2D eigenvalue weighted by Gasteiger charge is -2.13. The molecule has 200 valence electrons. The Bertz CT molecular complexity index is 2490. The number of rotatable bonds is 3. The molecule has 0 amide bonds. The third-order valence-electron chi connectivity index (χ3n) is 8.61. The molecule has 43 heavy (non-hydrogen) atoms. The number of nitrogens with zero attached hydrogens (tertiary/aromatic N) is 3. The summed E-state index contributed by atoms with van der Waals surface area (Å²) in [5, 5.41) is 7.23. The molecule has 0 N–H and O–H groups in total.